The van der Waals surface area contributed by atoms with Gasteiger partial charge in [0.1, 0.15) is 5.52 Å². The molecule has 2 aromatic heterocycles. The maximum absolute atomic E-state index is 6.63. The van der Waals surface area contributed by atoms with Crippen molar-refractivity contribution in [2.24, 2.45) is 0 Å². The summed E-state index contributed by atoms with van der Waals surface area (Å²) in [6.07, 6.45) is 0. The van der Waals surface area contributed by atoms with Crippen molar-refractivity contribution in [1.29, 1.82) is 0 Å². The van der Waals surface area contributed by atoms with Crippen molar-refractivity contribution in [1.82, 2.24) is 19.9 Å². The van der Waals surface area contributed by atoms with Crippen molar-refractivity contribution in [3.8, 4) is 79.0 Å². The molecule has 0 aliphatic heterocycles. The molecule has 0 amide bonds. The van der Waals surface area contributed by atoms with Crippen LogP contribution in [-0.4, -0.2) is 19.9 Å². The van der Waals surface area contributed by atoms with Gasteiger partial charge in [0.2, 0.25) is 5.89 Å². The van der Waals surface area contributed by atoms with Crippen molar-refractivity contribution in [3.05, 3.63) is 218 Å². The topological polar surface area (TPSA) is 64.7 Å². The van der Waals surface area contributed by atoms with Crippen molar-refractivity contribution in [2.75, 3.05) is 0 Å². The summed E-state index contributed by atoms with van der Waals surface area (Å²) in [5.41, 5.74) is 12.1. The van der Waals surface area contributed by atoms with E-state index in [-0.39, 0.29) is 0 Å². The minimum absolute atomic E-state index is 0.593. The highest BCUT2D eigenvalue weighted by atomic mass is 16.3. The third kappa shape index (κ3) is 6.69. The quantitative estimate of drug-likeness (QED) is 0.150. The van der Waals surface area contributed by atoms with Crippen LogP contribution in [0.15, 0.2) is 223 Å². The lowest BCUT2D eigenvalue weighted by atomic mass is 9.94. The summed E-state index contributed by atoms with van der Waals surface area (Å²) in [4.78, 5) is 20.5. The minimum atomic E-state index is 0.593. The molecule has 0 fully saturated rings. The molecule has 0 spiro atoms. The van der Waals surface area contributed by atoms with E-state index in [9.17, 15) is 0 Å². The van der Waals surface area contributed by atoms with Gasteiger partial charge in [-0.3, -0.25) is 0 Å². The van der Waals surface area contributed by atoms with Gasteiger partial charge in [0.05, 0.1) is 0 Å². The van der Waals surface area contributed by atoms with Gasteiger partial charge in [-0.2, -0.15) is 0 Å². The summed E-state index contributed by atoms with van der Waals surface area (Å²) in [7, 11) is 0. The molecule has 2 heterocycles. The predicted octanol–water partition coefficient (Wildman–Crippen LogP) is 15.1. The number of hydrogen-bond acceptors (Lipinski definition) is 5. The molecule has 0 N–H and O–H groups in total. The van der Waals surface area contributed by atoms with E-state index in [1.54, 1.807) is 0 Å². The maximum atomic E-state index is 6.63. The first-order valence-corrected chi connectivity index (χ1v) is 21.1. The molecule has 294 valence electrons. The monoisotopic (exact) mass is 804 g/mol. The van der Waals surface area contributed by atoms with Gasteiger partial charge < -0.3 is 4.42 Å². The summed E-state index contributed by atoms with van der Waals surface area (Å²) in [6, 6.07) is 76.0. The fourth-order valence-corrected chi connectivity index (χ4v) is 8.73. The molecule has 0 radical (unpaired) electrons. The highest BCUT2D eigenvalue weighted by molar-refractivity contribution is 6.26. The maximum Gasteiger partial charge on any atom is 0.227 e. The zero-order chi connectivity index (χ0) is 41.7. The molecule has 0 bridgehead atoms. The van der Waals surface area contributed by atoms with E-state index in [1.165, 1.54) is 11.1 Å². The van der Waals surface area contributed by atoms with Crippen LogP contribution >= 0.6 is 0 Å². The summed E-state index contributed by atoms with van der Waals surface area (Å²) < 4.78 is 6.63. The van der Waals surface area contributed by atoms with Crippen LogP contribution in [0.4, 0.5) is 0 Å². The lowest BCUT2D eigenvalue weighted by Gasteiger charge is -2.12. The Balaban J connectivity index is 1.02. The van der Waals surface area contributed by atoms with Crippen LogP contribution in [0.1, 0.15) is 0 Å². The highest BCUT2D eigenvalue weighted by Crippen LogP contribution is 2.40. The molecule has 12 rings (SSSR count). The largest absolute Gasteiger partial charge is 0.435 e. The Morgan fingerprint density at radius 1 is 0.270 bits per heavy atom. The zero-order valence-electron chi connectivity index (χ0n) is 34.0. The van der Waals surface area contributed by atoms with Gasteiger partial charge in [-0.25, -0.2) is 19.9 Å². The Morgan fingerprint density at radius 2 is 0.683 bits per heavy atom. The van der Waals surface area contributed by atoms with Crippen LogP contribution in [0.25, 0.3) is 122 Å². The van der Waals surface area contributed by atoms with E-state index < -0.39 is 0 Å². The van der Waals surface area contributed by atoms with E-state index in [4.69, 9.17) is 24.4 Å². The van der Waals surface area contributed by atoms with Crippen LogP contribution in [0.3, 0.4) is 0 Å². The third-order valence-electron chi connectivity index (χ3n) is 11.9. The van der Waals surface area contributed by atoms with Crippen LogP contribution < -0.4 is 0 Å². The van der Waals surface area contributed by atoms with E-state index >= 15 is 0 Å². The molecule has 63 heavy (non-hydrogen) atoms. The molecule has 12 aromatic rings. The smallest absolute Gasteiger partial charge is 0.227 e. The lowest BCUT2D eigenvalue weighted by Crippen LogP contribution is -2.00. The normalized spacial score (nSPS) is 11.5. The number of fused-ring (bicyclic) bond motifs is 7. The van der Waals surface area contributed by atoms with Crippen LogP contribution in [0, 0.1) is 0 Å². The molecule has 5 heteroatoms. The van der Waals surface area contributed by atoms with Crippen molar-refractivity contribution in [2.45, 2.75) is 0 Å². The molecule has 10 aromatic carbocycles. The van der Waals surface area contributed by atoms with Gasteiger partial charge in [0, 0.05) is 33.0 Å². The highest BCUT2D eigenvalue weighted by Gasteiger charge is 2.18. The second-order valence-electron chi connectivity index (χ2n) is 15.8. The van der Waals surface area contributed by atoms with Gasteiger partial charge in [-0.15, -0.1) is 0 Å². The van der Waals surface area contributed by atoms with Crippen molar-refractivity contribution >= 4 is 43.4 Å². The first kappa shape index (κ1) is 36.3. The summed E-state index contributed by atoms with van der Waals surface area (Å²) >= 11 is 0. The Morgan fingerprint density at radius 3 is 1.30 bits per heavy atom. The van der Waals surface area contributed by atoms with Gasteiger partial charge in [0.15, 0.2) is 23.1 Å². The molecular formula is C58H36N4O. The summed E-state index contributed by atoms with van der Waals surface area (Å²) in [5, 5.41) is 6.52. The molecular weight excluding hydrogens is 769 g/mol. The molecule has 0 aliphatic rings. The number of rotatable bonds is 7. The molecule has 5 nitrogen and oxygen atoms in total. The fraction of sp³-hybridized carbons (Fsp3) is 0. The molecule has 0 unspecified atom stereocenters. The van der Waals surface area contributed by atoms with E-state index in [0.29, 0.717) is 23.4 Å². The number of benzene rings is 10. The Bertz CT molecular complexity index is 3650. The average Bonchev–Trinajstić information content (AvgIpc) is 3.82. The number of aromatic nitrogens is 4. The van der Waals surface area contributed by atoms with Crippen molar-refractivity contribution in [3.63, 3.8) is 0 Å². The van der Waals surface area contributed by atoms with Crippen molar-refractivity contribution < 1.29 is 4.42 Å². The SMILES string of the molecule is c1ccc(-c2cccc(-c3ccc(-c4nc(-c5cccc(-c6ccccc6)c5)nc(-c5ccc6ccc7ccc8ccc9nc(-c%10ccccc%10)oc9c8c7c6c5)n4)cc3)c2)cc1. The van der Waals surface area contributed by atoms with E-state index in [1.807, 2.05) is 48.5 Å². The first-order chi connectivity index (χ1) is 31.2. The minimum Gasteiger partial charge on any atom is -0.435 e. The lowest BCUT2D eigenvalue weighted by molar-refractivity contribution is 0.623. The predicted molar refractivity (Wildman–Crippen MR) is 258 cm³/mol. The Labute approximate surface area is 363 Å². The van der Waals surface area contributed by atoms with Crippen LogP contribution in [0.5, 0.6) is 0 Å². The number of hydrogen-bond donors (Lipinski definition) is 0. The molecule has 0 saturated carbocycles. The Hall–Kier alpha value is -8.54. The third-order valence-corrected chi connectivity index (χ3v) is 11.9. The van der Waals surface area contributed by atoms with Crippen LogP contribution in [0.2, 0.25) is 0 Å². The summed E-state index contributed by atoms with van der Waals surface area (Å²) in [6.45, 7) is 0. The fourth-order valence-electron chi connectivity index (χ4n) is 8.73. The molecule has 0 atom stereocenters. The van der Waals surface area contributed by atoms with Crippen LogP contribution in [-0.2, 0) is 0 Å². The average molecular weight is 805 g/mol. The van der Waals surface area contributed by atoms with Gasteiger partial charge in [-0.05, 0) is 91.3 Å². The first-order valence-electron chi connectivity index (χ1n) is 21.1. The molecule has 0 aliphatic carbocycles. The van der Waals surface area contributed by atoms with E-state index in [0.717, 1.165) is 87.9 Å². The second-order valence-corrected chi connectivity index (χ2v) is 15.8. The standard InChI is InChI=1S/C58H36N4O/c1-4-12-37(13-5-1)45-18-10-19-46(34-45)39-22-29-43(30-23-39)55-60-56(48-21-11-20-47(35-48)38-14-6-2-7-15-38)62-57(61-55)49-31-25-40-24-26-41-27-28-42-32-33-51-54(53(42)52(41)50(40)36-49)63-58(59-51)44-16-8-3-9-17-44/h1-36H. The second kappa shape index (κ2) is 15.2. The number of nitrogens with zero attached hydrogens (tertiary/aromatic N) is 4. The van der Waals surface area contributed by atoms with Gasteiger partial charge >= 0.3 is 0 Å². The summed E-state index contributed by atoms with van der Waals surface area (Å²) in [5.74, 6) is 2.40. The Kier molecular flexibility index (Phi) is 8.75. The van der Waals surface area contributed by atoms with Gasteiger partial charge in [0.25, 0.3) is 0 Å². The van der Waals surface area contributed by atoms with E-state index in [2.05, 4.69) is 170 Å². The number of oxazole rings is 1. The molecule has 0 saturated heterocycles. The van der Waals surface area contributed by atoms with Gasteiger partial charge in [-0.1, -0.05) is 182 Å². The zero-order valence-corrected chi connectivity index (χ0v) is 34.0.